The average Bonchev–Trinajstić information content (AvgIpc) is 2.50. The molecule has 0 fully saturated rings. The molecule has 1 N–H and O–H groups in total. The van der Waals surface area contributed by atoms with E-state index in [0.717, 1.165) is 0 Å². The second-order valence-corrected chi connectivity index (χ2v) is 5.41. The predicted octanol–water partition coefficient (Wildman–Crippen LogP) is 4.54. The molecule has 2 aromatic carbocycles. The Kier molecular flexibility index (Phi) is 5.51. The number of nitriles is 1. The number of carbonyl (C=O) groups excluding carboxylic acids is 1. The minimum absolute atomic E-state index is 0.250. The van der Waals surface area contributed by atoms with Gasteiger partial charge < -0.3 is 10.1 Å². The Morgan fingerprint density at radius 1 is 1.14 bits per heavy atom. The molecule has 0 saturated carbocycles. The molecule has 7 heteroatoms. The van der Waals surface area contributed by atoms with E-state index in [4.69, 9.17) is 44.8 Å². The van der Waals surface area contributed by atoms with Crippen LogP contribution in [0.15, 0.2) is 36.4 Å². The van der Waals surface area contributed by atoms with Gasteiger partial charge in [0.2, 0.25) is 0 Å². The molecule has 0 aliphatic heterocycles. The highest BCUT2D eigenvalue weighted by Gasteiger charge is 2.11. The van der Waals surface area contributed by atoms with E-state index in [9.17, 15) is 4.79 Å². The van der Waals surface area contributed by atoms with Crippen molar-refractivity contribution in [3.63, 3.8) is 0 Å². The minimum Gasteiger partial charge on any atom is -0.482 e. The van der Waals surface area contributed by atoms with Gasteiger partial charge in [-0.3, -0.25) is 4.79 Å². The molecule has 2 aromatic rings. The van der Waals surface area contributed by atoms with Crippen molar-refractivity contribution < 1.29 is 9.53 Å². The maximum Gasteiger partial charge on any atom is 0.262 e. The molecule has 112 valence electrons. The van der Waals surface area contributed by atoms with Gasteiger partial charge in [0.15, 0.2) is 6.61 Å². The SMILES string of the molecule is N#Cc1ccccc1NC(=O)COc1cc(Cl)c(Cl)cc1Cl. The van der Waals surface area contributed by atoms with Crippen LogP contribution in [0.1, 0.15) is 5.56 Å². The van der Waals surface area contributed by atoms with Crippen molar-refractivity contribution in [3.05, 3.63) is 57.0 Å². The second kappa shape index (κ2) is 7.37. The van der Waals surface area contributed by atoms with Crippen LogP contribution in [0.5, 0.6) is 5.75 Å². The number of amides is 1. The predicted molar refractivity (Wildman–Crippen MR) is 86.8 cm³/mol. The van der Waals surface area contributed by atoms with Gasteiger partial charge in [0.1, 0.15) is 11.8 Å². The Balaban J connectivity index is 2.02. The quantitative estimate of drug-likeness (QED) is 0.819. The van der Waals surface area contributed by atoms with Crippen molar-refractivity contribution in [2.75, 3.05) is 11.9 Å². The smallest absolute Gasteiger partial charge is 0.262 e. The first kappa shape index (κ1) is 16.4. The number of benzene rings is 2. The first-order valence-corrected chi connectivity index (χ1v) is 7.21. The zero-order valence-electron chi connectivity index (χ0n) is 11.1. The highest BCUT2D eigenvalue weighted by Crippen LogP contribution is 2.33. The molecule has 0 unspecified atom stereocenters. The van der Waals surface area contributed by atoms with E-state index < -0.39 is 5.91 Å². The highest BCUT2D eigenvalue weighted by molar-refractivity contribution is 6.43. The number of nitrogens with zero attached hydrogens (tertiary/aromatic N) is 1. The van der Waals surface area contributed by atoms with Gasteiger partial charge in [0, 0.05) is 6.07 Å². The van der Waals surface area contributed by atoms with Crippen LogP contribution in [0, 0.1) is 11.3 Å². The molecule has 0 atom stereocenters. The largest absolute Gasteiger partial charge is 0.482 e. The molecule has 0 heterocycles. The summed E-state index contributed by atoms with van der Waals surface area (Å²) in [6.07, 6.45) is 0. The average molecular weight is 356 g/mol. The molecular formula is C15H9Cl3N2O2. The Labute approximate surface area is 142 Å². The molecular weight excluding hydrogens is 347 g/mol. The van der Waals surface area contributed by atoms with Gasteiger partial charge >= 0.3 is 0 Å². The van der Waals surface area contributed by atoms with Gasteiger partial charge in [-0.25, -0.2) is 0 Å². The third-order valence-electron chi connectivity index (χ3n) is 2.66. The lowest BCUT2D eigenvalue weighted by molar-refractivity contribution is -0.118. The molecule has 4 nitrogen and oxygen atoms in total. The fraction of sp³-hybridized carbons (Fsp3) is 0.0667. The van der Waals surface area contributed by atoms with Gasteiger partial charge in [-0.05, 0) is 18.2 Å². The van der Waals surface area contributed by atoms with Crippen molar-refractivity contribution in [3.8, 4) is 11.8 Å². The lowest BCUT2D eigenvalue weighted by Gasteiger charge is -2.10. The number of hydrogen-bond donors (Lipinski definition) is 1. The lowest BCUT2D eigenvalue weighted by atomic mass is 10.2. The molecule has 0 aromatic heterocycles. The van der Waals surface area contributed by atoms with E-state index in [1.54, 1.807) is 24.3 Å². The van der Waals surface area contributed by atoms with E-state index in [1.807, 2.05) is 6.07 Å². The van der Waals surface area contributed by atoms with E-state index in [-0.39, 0.29) is 22.4 Å². The summed E-state index contributed by atoms with van der Waals surface area (Å²) >= 11 is 17.6. The molecule has 0 aliphatic rings. The molecule has 22 heavy (non-hydrogen) atoms. The summed E-state index contributed by atoms with van der Waals surface area (Å²) < 4.78 is 5.31. The van der Waals surface area contributed by atoms with Gasteiger partial charge in [-0.1, -0.05) is 46.9 Å². The van der Waals surface area contributed by atoms with Gasteiger partial charge in [-0.2, -0.15) is 5.26 Å². The van der Waals surface area contributed by atoms with Crippen molar-refractivity contribution in [2.24, 2.45) is 0 Å². The molecule has 0 spiro atoms. The zero-order valence-corrected chi connectivity index (χ0v) is 13.3. The molecule has 0 radical (unpaired) electrons. The fourth-order valence-electron chi connectivity index (χ4n) is 1.63. The monoisotopic (exact) mass is 354 g/mol. The molecule has 1 amide bonds. The van der Waals surface area contributed by atoms with Crippen molar-refractivity contribution in [1.29, 1.82) is 5.26 Å². The highest BCUT2D eigenvalue weighted by atomic mass is 35.5. The van der Waals surface area contributed by atoms with Crippen LogP contribution in [0.25, 0.3) is 0 Å². The van der Waals surface area contributed by atoms with Gasteiger partial charge in [0.25, 0.3) is 5.91 Å². The fourth-order valence-corrected chi connectivity index (χ4v) is 2.23. The summed E-state index contributed by atoms with van der Waals surface area (Å²) in [4.78, 5) is 11.9. The Morgan fingerprint density at radius 3 is 2.55 bits per heavy atom. The molecule has 0 aliphatic carbocycles. The summed E-state index contributed by atoms with van der Waals surface area (Å²) in [6, 6.07) is 11.5. The normalized spacial score (nSPS) is 9.91. The van der Waals surface area contributed by atoms with E-state index >= 15 is 0 Å². The summed E-state index contributed by atoms with van der Waals surface area (Å²) in [7, 11) is 0. The van der Waals surface area contributed by atoms with Crippen LogP contribution < -0.4 is 10.1 Å². The minimum atomic E-state index is -0.426. The number of rotatable bonds is 4. The number of nitrogens with one attached hydrogen (secondary N) is 1. The number of para-hydroxylation sites is 1. The summed E-state index contributed by atoms with van der Waals surface area (Å²) in [5.41, 5.74) is 0.780. The topological polar surface area (TPSA) is 62.1 Å². The maximum absolute atomic E-state index is 11.9. The number of ether oxygens (including phenoxy) is 1. The maximum atomic E-state index is 11.9. The third kappa shape index (κ3) is 4.05. The first-order valence-electron chi connectivity index (χ1n) is 6.07. The summed E-state index contributed by atoms with van der Waals surface area (Å²) in [5, 5.41) is 12.4. The molecule has 0 saturated heterocycles. The van der Waals surface area contributed by atoms with Crippen LogP contribution in [-0.2, 0) is 4.79 Å². The molecule has 0 bridgehead atoms. The van der Waals surface area contributed by atoms with Crippen LogP contribution in [0.4, 0.5) is 5.69 Å². The zero-order chi connectivity index (χ0) is 16.1. The van der Waals surface area contributed by atoms with Crippen LogP contribution in [0.2, 0.25) is 15.1 Å². The van der Waals surface area contributed by atoms with Crippen LogP contribution in [-0.4, -0.2) is 12.5 Å². The van der Waals surface area contributed by atoms with Crippen molar-refractivity contribution in [1.82, 2.24) is 0 Å². The van der Waals surface area contributed by atoms with Gasteiger partial charge in [0.05, 0.1) is 26.3 Å². The first-order chi connectivity index (χ1) is 10.5. The second-order valence-electron chi connectivity index (χ2n) is 4.19. The van der Waals surface area contributed by atoms with E-state index in [0.29, 0.717) is 16.3 Å². The number of halogens is 3. The lowest BCUT2D eigenvalue weighted by Crippen LogP contribution is -2.20. The van der Waals surface area contributed by atoms with Crippen molar-refractivity contribution in [2.45, 2.75) is 0 Å². The number of anilines is 1. The molecule has 2 rings (SSSR count). The van der Waals surface area contributed by atoms with Crippen LogP contribution in [0.3, 0.4) is 0 Å². The Morgan fingerprint density at radius 2 is 1.82 bits per heavy atom. The number of carbonyl (C=O) groups is 1. The Hall–Kier alpha value is -1.93. The standard InChI is InChI=1S/C15H9Cl3N2O2/c16-10-5-12(18)14(6-11(10)17)22-8-15(21)20-13-4-2-1-3-9(13)7-19/h1-6H,8H2,(H,20,21). The van der Waals surface area contributed by atoms with E-state index in [2.05, 4.69) is 5.32 Å². The third-order valence-corrected chi connectivity index (χ3v) is 3.67. The number of hydrogen-bond acceptors (Lipinski definition) is 3. The summed E-state index contributed by atoms with van der Waals surface area (Å²) in [6.45, 7) is -0.280. The van der Waals surface area contributed by atoms with Gasteiger partial charge in [-0.15, -0.1) is 0 Å². The van der Waals surface area contributed by atoms with Crippen molar-refractivity contribution >= 4 is 46.4 Å². The van der Waals surface area contributed by atoms with E-state index in [1.165, 1.54) is 12.1 Å². The summed E-state index contributed by atoms with van der Waals surface area (Å²) in [5.74, 6) is -0.176. The Bertz CT molecular complexity index is 757. The van der Waals surface area contributed by atoms with Crippen LogP contribution >= 0.6 is 34.8 Å².